The van der Waals surface area contributed by atoms with E-state index in [1.165, 1.54) is 0 Å². The van der Waals surface area contributed by atoms with Gasteiger partial charge in [0.25, 0.3) is 6.43 Å². The zero-order valence-electron chi connectivity index (χ0n) is 7.86. The fourth-order valence-electron chi connectivity index (χ4n) is 1.09. The minimum absolute atomic E-state index is 0.0117. The molecule has 0 atom stereocenters. The minimum Gasteiger partial charge on any atom is -0.404 e. The molecule has 0 aliphatic carbocycles. The number of nitrogens with zero attached hydrogens (tertiary/aromatic N) is 1. The summed E-state index contributed by atoms with van der Waals surface area (Å²) < 4.78 is 65.2. The largest absolute Gasteiger partial charge is 0.573 e. The highest BCUT2D eigenvalue weighted by Gasteiger charge is 2.34. The molecule has 1 aromatic heterocycles. The molecule has 1 heterocycles. The smallest absolute Gasteiger partial charge is 0.404 e. The molecular formula is C8H4BrF5INO. The zero-order valence-corrected chi connectivity index (χ0v) is 11.6. The number of ether oxygens (including phenoxy) is 1. The third kappa shape index (κ3) is 3.90. The molecule has 0 saturated heterocycles. The monoisotopic (exact) mass is 431 g/mol. The average Bonchev–Trinajstić information content (AvgIpc) is 2.17. The number of hydrogen-bond donors (Lipinski definition) is 0. The Labute approximate surface area is 115 Å². The molecule has 0 fully saturated rings. The van der Waals surface area contributed by atoms with Gasteiger partial charge in [-0.05, 0) is 22.6 Å². The first-order chi connectivity index (χ1) is 7.76. The second kappa shape index (κ2) is 5.63. The quantitative estimate of drug-likeness (QED) is 0.306. The summed E-state index contributed by atoms with van der Waals surface area (Å²) in [7, 11) is 0. The van der Waals surface area contributed by atoms with E-state index in [1.807, 2.05) is 0 Å². The molecule has 17 heavy (non-hydrogen) atoms. The van der Waals surface area contributed by atoms with Crippen LogP contribution in [0, 0.1) is 3.70 Å². The number of hydrogen-bond acceptors (Lipinski definition) is 2. The van der Waals surface area contributed by atoms with E-state index >= 15 is 0 Å². The number of pyridine rings is 1. The molecule has 0 N–H and O–H groups in total. The number of alkyl halides is 6. The van der Waals surface area contributed by atoms with Crippen LogP contribution in [-0.4, -0.2) is 11.3 Å². The molecular weight excluding hydrogens is 428 g/mol. The Kier molecular flexibility index (Phi) is 4.93. The summed E-state index contributed by atoms with van der Waals surface area (Å²) in [5, 5.41) is -0.0347. The third-order valence-electron chi connectivity index (χ3n) is 1.71. The topological polar surface area (TPSA) is 22.1 Å². The Hall–Kier alpha value is -0.190. The van der Waals surface area contributed by atoms with Gasteiger partial charge >= 0.3 is 6.36 Å². The van der Waals surface area contributed by atoms with Crippen LogP contribution in [0.3, 0.4) is 0 Å². The summed E-state index contributed by atoms with van der Waals surface area (Å²) in [6.45, 7) is 0. The van der Waals surface area contributed by atoms with Gasteiger partial charge in [-0.3, -0.25) is 0 Å². The Balaban J connectivity index is 3.30. The van der Waals surface area contributed by atoms with Crippen LogP contribution in [0.2, 0.25) is 0 Å². The van der Waals surface area contributed by atoms with Crippen LogP contribution in [0.5, 0.6) is 5.75 Å². The molecule has 0 amide bonds. The van der Waals surface area contributed by atoms with E-state index < -0.39 is 24.1 Å². The van der Waals surface area contributed by atoms with Crippen LogP contribution in [0.4, 0.5) is 22.0 Å². The predicted molar refractivity (Wildman–Crippen MR) is 61.2 cm³/mol. The van der Waals surface area contributed by atoms with E-state index in [9.17, 15) is 22.0 Å². The molecule has 2 nitrogen and oxygen atoms in total. The van der Waals surface area contributed by atoms with Gasteiger partial charge in [-0.1, -0.05) is 15.9 Å². The molecule has 0 aliphatic rings. The Bertz CT molecular complexity index is 412. The van der Waals surface area contributed by atoms with Gasteiger partial charge in [0.1, 0.15) is 3.70 Å². The Morgan fingerprint density at radius 3 is 2.41 bits per heavy atom. The van der Waals surface area contributed by atoms with Crippen molar-refractivity contribution in [3.8, 4) is 5.75 Å². The molecule has 1 rings (SSSR count). The van der Waals surface area contributed by atoms with Crippen molar-refractivity contribution in [2.45, 2.75) is 18.1 Å². The van der Waals surface area contributed by atoms with Crippen molar-refractivity contribution >= 4 is 38.5 Å². The number of aromatic nitrogens is 1. The molecule has 0 saturated carbocycles. The van der Waals surface area contributed by atoms with Crippen LogP contribution < -0.4 is 4.74 Å². The number of halogens is 7. The molecule has 0 unspecified atom stereocenters. The van der Waals surface area contributed by atoms with Gasteiger partial charge in [0.15, 0.2) is 5.75 Å². The number of rotatable bonds is 3. The van der Waals surface area contributed by atoms with Crippen molar-refractivity contribution in [2.24, 2.45) is 0 Å². The summed E-state index contributed by atoms with van der Waals surface area (Å²) in [4.78, 5) is 3.58. The summed E-state index contributed by atoms with van der Waals surface area (Å²) >= 11 is 4.59. The van der Waals surface area contributed by atoms with Crippen LogP contribution >= 0.6 is 38.5 Å². The summed E-state index contributed by atoms with van der Waals surface area (Å²) in [6.07, 6.45) is -7.46. The lowest BCUT2D eigenvalue weighted by Gasteiger charge is -2.15. The van der Waals surface area contributed by atoms with Gasteiger partial charge in [0.05, 0.1) is 11.8 Å². The van der Waals surface area contributed by atoms with Gasteiger partial charge < -0.3 is 4.74 Å². The lowest BCUT2D eigenvalue weighted by Crippen LogP contribution is -2.19. The van der Waals surface area contributed by atoms with Crippen molar-refractivity contribution in [1.82, 2.24) is 4.98 Å². The molecule has 9 heteroatoms. The van der Waals surface area contributed by atoms with Crippen molar-refractivity contribution in [1.29, 1.82) is 0 Å². The fourth-order valence-corrected chi connectivity index (χ4v) is 2.81. The predicted octanol–water partition coefficient (Wildman–Crippen LogP) is 4.42. The molecule has 96 valence electrons. The SMILES string of the molecule is FC(F)c1c(OC(F)(F)F)cnc(I)c1CBr. The highest BCUT2D eigenvalue weighted by Crippen LogP contribution is 2.37. The lowest BCUT2D eigenvalue weighted by molar-refractivity contribution is -0.275. The van der Waals surface area contributed by atoms with Crippen LogP contribution in [0.15, 0.2) is 6.20 Å². The van der Waals surface area contributed by atoms with E-state index in [-0.39, 0.29) is 14.6 Å². The van der Waals surface area contributed by atoms with E-state index in [0.29, 0.717) is 6.20 Å². The maximum absolute atomic E-state index is 12.7. The molecule has 1 aromatic rings. The molecule has 0 spiro atoms. The standard InChI is InChI=1S/C8H4BrF5INO/c9-1-3-5(6(10)11)4(2-16-7(3)15)17-8(12,13)14/h2,6H,1H2. The van der Waals surface area contributed by atoms with Gasteiger partial charge in [0, 0.05) is 10.9 Å². The van der Waals surface area contributed by atoms with Crippen molar-refractivity contribution < 1.29 is 26.7 Å². The first kappa shape index (κ1) is 14.9. The van der Waals surface area contributed by atoms with Crippen LogP contribution in [0.1, 0.15) is 17.6 Å². The highest BCUT2D eigenvalue weighted by atomic mass is 127. The minimum atomic E-state index is -5.03. The van der Waals surface area contributed by atoms with Gasteiger partial charge in [-0.15, -0.1) is 13.2 Å². The van der Waals surface area contributed by atoms with Crippen LogP contribution in [0.25, 0.3) is 0 Å². The lowest BCUT2D eigenvalue weighted by atomic mass is 10.1. The third-order valence-corrected chi connectivity index (χ3v) is 3.20. The zero-order chi connectivity index (χ0) is 13.2. The molecule has 0 bridgehead atoms. The first-order valence-electron chi connectivity index (χ1n) is 4.03. The maximum Gasteiger partial charge on any atom is 0.573 e. The van der Waals surface area contributed by atoms with Gasteiger partial charge in [0.2, 0.25) is 0 Å². The van der Waals surface area contributed by atoms with Gasteiger partial charge in [-0.2, -0.15) is 0 Å². The highest BCUT2D eigenvalue weighted by molar-refractivity contribution is 14.1. The Morgan fingerprint density at radius 2 is 2.00 bits per heavy atom. The van der Waals surface area contributed by atoms with E-state index in [1.54, 1.807) is 22.6 Å². The maximum atomic E-state index is 12.7. The molecule has 0 aromatic carbocycles. The average molecular weight is 432 g/mol. The molecule has 0 radical (unpaired) electrons. The first-order valence-corrected chi connectivity index (χ1v) is 6.23. The summed E-state index contributed by atoms with van der Waals surface area (Å²) in [5.41, 5.74) is -0.805. The second-order valence-corrected chi connectivity index (χ2v) is 4.37. The fraction of sp³-hybridized carbons (Fsp3) is 0.375. The summed E-state index contributed by atoms with van der Waals surface area (Å²) in [5.74, 6) is -0.970. The van der Waals surface area contributed by atoms with E-state index in [2.05, 4.69) is 25.7 Å². The van der Waals surface area contributed by atoms with E-state index in [4.69, 9.17) is 0 Å². The Morgan fingerprint density at radius 1 is 1.41 bits per heavy atom. The molecule has 0 aliphatic heterocycles. The van der Waals surface area contributed by atoms with Crippen molar-refractivity contribution in [3.05, 3.63) is 21.0 Å². The van der Waals surface area contributed by atoms with Crippen molar-refractivity contribution in [2.75, 3.05) is 0 Å². The van der Waals surface area contributed by atoms with Crippen molar-refractivity contribution in [3.63, 3.8) is 0 Å². The summed E-state index contributed by atoms with van der Waals surface area (Å²) in [6, 6.07) is 0. The second-order valence-electron chi connectivity index (χ2n) is 2.79. The normalized spacial score (nSPS) is 12.0. The van der Waals surface area contributed by atoms with E-state index in [0.717, 1.165) is 0 Å². The van der Waals surface area contributed by atoms with Crippen LogP contribution in [-0.2, 0) is 5.33 Å². The van der Waals surface area contributed by atoms with Gasteiger partial charge in [-0.25, -0.2) is 13.8 Å².